The van der Waals surface area contributed by atoms with E-state index in [4.69, 9.17) is 11.6 Å². The molecule has 0 aliphatic rings. The zero-order chi connectivity index (χ0) is 20.5. The summed E-state index contributed by atoms with van der Waals surface area (Å²) in [5.74, 6) is -0.729. The van der Waals surface area contributed by atoms with Gasteiger partial charge in [-0.2, -0.15) is 0 Å². The van der Waals surface area contributed by atoms with E-state index in [0.29, 0.717) is 34.1 Å². The van der Waals surface area contributed by atoms with Gasteiger partial charge in [0.05, 0.1) is 12.1 Å². The Labute approximate surface area is 168 Å². The SMILES string of the molecule is CCCNC(=O)c1ccc(Cl)cc1NCC(=O)Nc1ccc(C(=O)NC)cc1. The molecule has 0 radical (unpaired) electrons. The first-order chi connectivity index (χ1) is 13.4. The highest BCUT2D eigenvalue weighted by Gasteiger charge is 2.13. The number of carbonyl (C=O) groups is 3. The number of amides is 3. The van der Waals surface area contributed by atoms with E-state index >= 15 is 0 Å². The second-order valence-corrected chi connectivity index (χ2v) is 6.44. The van der Waals surface area contributed by atoms with Gasteiger partial charge in [-0.25, -0.2) is 0 Å². The van der Waals surface area contributed by atoms with Crippen molar-refractivity contribution < 1.29 is 14.4 Å². The van der Waals surface area contributed by atoms with Crippen LogP contribution >= 0.6 is 11.6 Å². The van der Waals surface area contributed by atoms with Crippen LogP contribution in [0.1, 0.15) is 34.1 Å². The molecule has 2 aromatic rings. The maximum atomic E-state index is 12.3. The van der Waals surface area contributed by atoms with Gasteiger partial charge in [0.2, 0.25) is 5.91 Å². The van der Waals surface area contributed by atoms with Crippen molar-refractivity contribution in [2.45, 2.75) is 13.3 Å². The molecular formula is C20H23ClN4O3. The molecule has 0 bridgehead atoms. The average Bonchev–Trinajstić information content (AvgIpc) is 2.70. The van der Waals surface area contributed by atoms with Crippen molar-refractivity contribution in [1.29, 1.82) is 0 Å². The van der Waals surface area contributed by atoms with Crippen LogP contribution in [0.3, 0.4) is 0 Å². The molecule has 0 heterocycles. The first-order valence-electron chi connectivity index (χ1n) is 8.88. The predicted octanol–water partition coefficient (Wildman–Crippen LogP) is 2.89. The summed E-state index contributed by atoms with van der Waals surface area (Å²) in [6.45, 7) is 2.48. The molecule has 0 spiro atoms. The normalized spacial score (nSPS) is 10.1. The minimum Gasteiger partial charge on any atom is -0.375 e. The lowest BCUT2D eigenvalue weighted by Crippen LogP contribution is -2.27. The van der Waals surface area contributed by atoms with Crippen LogP contribution < -0.4 is 21.3 Å². The highest BCUT2D eigenvalue weighted by Crippen LogP contribution is 2.21. The molecule has 0 fully saturated rings. The quantitative estimate of drug-likeness (QED) is 0.545. The van der Waals surface area contributed by atoms with Gasteiger partial charge in [-0.05, 0) is 48.9 Å². The van der Waals surface area contributed by atoms with Gasteiger partial charge in [0.15, 0.2) is 0 Å². The maximum absolute atomic E-state index is 12.3. The van der Waals surface area contributed by atoms with Crippen molar-refractivity contribution in [2.75, 3.05) is 30.8 Å². The van der Waals surface area contributed by atoms with Gasteiger partial charge in [-0.3, -0.25) is 14.4 Å². The van der Waals surface area contributed by atoms with Gasteiger partial charge in [0.25, 0.3) is 11.8 Å². The summed E-state index contributed by atoms with van der Waals surface area (Å²) in [4.78, 5) is 36.0. The third kappa shape index (κ3) is 5.99. The molecule has 2 aromatic carbocycles. The molecule has 0 atom stereocenters. The molecule has 28 heavy (non-hydrogen) atoms. The molecular weight excluding hydrogens is 380 g/mol. The maximum Gasteiger partial charge on any atom is 0.253 e. The number of carbonyl (C=O) groups excluding carboxylic acids is 3. The number of hydrogen-bond acceptors (Lipinski definition) is 4. The molecule has 8 heteroatoms. The van der Waals surface area contributed by atoms with Crippen LogP contribution in [0.15, 0.2) is 42.5 Å². The topological polar surface area (TPSA) is 99.3 Å². The molecule has 0 aliphatic heterocycles. The largest absolute Gasteiger partial charge is 0.375 e. The Morgan fingerprint density at radius 3 is 2.36 bits per heavy atom. The highest BCUT2D eigenvalue weighted by atomic mass is 35.5. The van der Waals surface area contributed by atoms with Crippen LogP contribution in [-0.2, 0) is 4.79 Å². The van der Waals surface area contributed by atoms with E-state index in [1.54, 1.807) is 49.5 Å². The van der Waals surface area contributed by atoms with E-state index in [1.165, 1.54) is 0 Å². The van der Waals surface area contributed by atoms with Crippen LogP contribution in [-0.4, -0.2) is 37.9 Å². The Morgan fingerprint density at radius 2 is 1.71 bits per heavy atom. The van der Waals surface area contributed by atoms with E-state index in [0.717, 1.165) is 6.42 Å². The summed E-state index contributed by atoms with van der Waals surface area (Å²) in [6.07, 6.45) is 0.823. The third-order valence-electron chi connectivity index (χ3n) is 3.86. The molecule has 0 aliphatic carbocycles. The Hall–Kier alpha value is -3.06. The lowest BCUT2D eigenvalue weighted by atomic mass is 10.1. The summed E-state index contributed by atoms with van der Waals surface area (Å²) < 4.78 is 0. The monoisotopic (exact) mass is 402 g/mol. The van der Waals surface area contributed by atoms with E-state index in [-0.39, 0.29) is 24.3 Å². The van der Waals surface area contributed by atoms with Gasteiger partial charge in [0.1, 0.15) is 0 Å². The Kier molecular flexibility index (Phi) is 7.83. The second kappa shape index (κ2) is 10.3. The zero-order valence-electron chi connectivity index (χ0n) is 15.8. The first-order valence-corrected chi connectivity index (χ1v) is 9.26. The van der Waals surface area contributed by atoms with Crippen LogP contribution in [0.2, 0.25) is 5.02 Å². The number of benzene rings is 2. The second-order valence-electron chi connectivity index (χ2n) is 6.00. The molecule has 0 saturated heterocycles. The fourth-order valence-corrected chi connectivity index (χ4v) is 2.60. The highest BCUT2D eigenvalue weighted by molar-refractivity contribution is 6.31. The average molecular weight is 403 g/mol. The summed E-state index contributed by atoms with van der Waals surface area (Å²) in [5, 5.41) is 11.5. The van der Waals surface area contributed by atoms with E-state index in [2.05, 4.69) is 21.3 Å². The van der Waals surface area contributed by atoms with Gasteiger partial charge in [0, 0.05) is 35.6 Å². The third-order valence-corrected chi connectivity index (χ3v) is 4.09. The van der Waals surface area contributed by atoms with Crippen molar-refractivity contribution in [3.63, 3.8) is 0 Å². The lowest BCUT2D eigenvalue weighted by Gasteiger charge is -2.13. The molecule has 2 rings (SSSR count). The Bertz CT molecular complexity index is 853. The molecule has 0 saturated carbocycles. The number of nitrogens with one attached hydrogen (secondary N) is 4. The van der Waals surface area contributed by atoms with Gasteiger partial charge in [-0.15, -0.1) is 0 Å². The van der Waals surface area contributed by atoms with E-state index < -0.39 is 0 Å². The molecule has 0 unspecified atom stereocenters. The van der Waals surface area contributed by atoms with Gasteiger partial charge in [-0.1, -0.05) is 18.5 Å². The Balaban J connectivity index is 1.99. The molecule has 7 nitrogen and oxygen atoms in total. The predicted molar refractivity (Wildman–Crippen MR) is 111 cm³/mol. The molecule has 0 aromatic heterocycles. The summed E-state index contributed by atoms with van der Waals surface area (Å²) >= 11 is 6.02. The minimum atomic E-state index is -0.299. The Morgan fingerprint density at radius 1 is 1.00 bits per heavy atom. The van der Waals surface area contributed by atoms with E-state index in [9.17, 15) is 14.4 Å². The first kappa shape index (κ1) is 21.2. The van der Waals surface area contributed by atoms with Crippen LogP contribution in [0.4, 0.5) is 11.4 Å². The van der Waals surface area contributed by atoms with Gasteiger partial charge < -0.3 is 21.3 Å². The van der Waals surface area contributed by atoms with Crippen molar-refractivity contribution >= 4 is 40.7 Å². The standard InChI is InChI=1S/C20H23ClN4O3/c1-3-10-23-20(28)16-9-6-14(21)11-17(16)24-12-18(26)25-15-7-4-13(5-8-15)19(27)22-2/h4-9,11,24H,3,10,12H2,1-2H3,(H,22,27)(H,23,28)(H,25,26). The fraction of sp³-hybridized carbons (Fsp3) is 0.250. The molecule has 4 N–H and O–H groups in total. The van der Waals surface area contributed by atoms with Crippen molar-refractivity contribution in [2.24, 2.45) is 0 Å². The minimum absolute atomic E-state index is 0.0500. The van der Waals surface area contributed by atoms with Gasteiger partial charge >= 0.3 is 0 Å². The smallest absolute Gasteiger partial charge is 0.253 e. The number of anilines is 2. The van der Waals surface area contributed by atoms with E-state index in [1.807, 2.05) is 6.92 Å². The van der Waals surface area contributed by atoms with Crippen molar-refractivity contribution in [1.82, 2.24) is 10.6 Å². The number of halogens is 1. The summed E-state index contributed by atoms with van der Waals surface area (Å²) in [7, 11) is 1.55. The number of hydrogen-bond donors (Lipinski definition) is 4. The summed E-state index contributed by atoms with van der Waals surface area (Å²) in [6, 6.07) is 11.4. The molecule has 148 valence electrons. The summed E-state index contributed by atoms with van der Waals surface area (Å²) in [5.41, 5.74) is 1.96. The zero-order valence-corrected chi connectivity index (χ0v) is 16.5. The fourth-order valence-electron chi connectivity index (χ4n) is 2.42. The van der Waals surface area contributed by atoms with Crippen LogP contribution in [0, 0.1) is 0 Å². The van der Waals surface area contributed by atoms with Crippen molar-refractivity contribution in [3.8, 4) is 0 Å². The van der Waals surface area contributed by atoms with Crippen LogP contribution in [0.5, 0.6) is 0 Å². The lowest BCUT2D eigenvalue weighted by molar-refractivity contribution is -0.114. The molecule has 3 amide bonds. The number of rotatable bonds is 8. The van der Waals surface area contributed by atoms with Crippen molar-refractivity contribution in [3.05, 3.63) is 58.6 Å². The van der Waals surface area contributed by atoms with Crippen LogP contribution in [0.25, 0.3) is 0 Å².